The number of methoxy groups -OCH3 is 1. The Kier molecular flexibility index (Phi) is 3.49. The monoisotopic (exact) mass is 195 g/mol. The minimum atomic E-state index is -0.608. The molecule has 0 aromatic heterocycles. The fourth-order valence-electron chi connectivity index (χ4n) is 1.39. The molecule has 0 fully saturated rings. The minimum absolute atomic E-state index is 0.228. The van der Waals surface area contributed by atoms with Gasteiger partial charge in [-0.1, -0.05) is 6.07 Å². The molecular formula is C11H17NO2. The maximum absolute atomic E-state index is 9.58. The molecule has 3 heteroatoms. The Morgan fingerprint density at radius 3 is 2.57 bits per heavy atom. The van der Waals surface area contributed by atoms with E-state index in [4.69, 9.17) is 10.5 Å². The summed E-state index contributed by atoms with van der Waals surface area (Å²) >= 11 is 0. The molecule has 78 valence electrons. The molecule has 1 aromatic carbocycles. The number of benzene rings is 1. The van der Waals surface area contributed by atoms with Crippen LogP contribution in [0.15, 0.2) is 12.1 Å². The van der Waals surface area contributed by atoms with Crippen LogP contribution in [0.5, 0.6) is 5.75 Å². The lowest BCUT2D eigenvalue weighted by Gasteiger charge is -2.14. The second-order valence-corrected chi connectivity index (χ2v) is 3.42. The number of ether oxygens (including phenoxy) is 1. The van der Waals surface area contributed by atoms with Crippen LogP contribution in [0.2, 0.25) is 0 Å². The summed E-state index contributed by atoms with van der Waals surface area (Å²) in [6.45, 7) is 4.21. The van der Waals surface area contributed by atoms with Crippen molar-refractivity contribution in [3.63, 3.8) is 0 Å². The first-order chi connectivity index (χ1) is 6.60. The quantitative estimate of drug-likeness (QED) is 0.764. The van der Waals surface area contributed by atoms with Crippen LogP contribution in [0, 0.1) is 13.8 Å². The van der Waals surface area contributed by atoms with Crippen LogP contribution in [0.25, 0.3) is 0 Å². The SMILES string of the molecule is COc1cc(C(O)CN)cc(C)c1C. The Morgan fingerprint density at radius 2 is 2.07 bits per heavy atom. The van der Waals surface area contributed by atoms with E-state index in [0.717, 1.165) is 22.4 Å². The van der Waals surface area contributed by atoms with E-state index in [1.54, 1.807) is 7.11 Å². The van der Waals surface area contributed by atoms with Gasteiger partial charge in [-0.25, -0.2) is 0 Å². The van der Waals surface area contributed by atoms with E-state index in [-0.39, 0.29) is 6.54 Å². The third-order valence-electron chi connectivity index (χ3n) is 2.47. The summed E-state index contributed by atoms with van der Waals surface area (Å²) in [7, 11) is 1.63. The Labute approximate surface area is 84.5 Å². The molecule has 0 radical (unpaired) electrons. The summed E-state index contributed by atoms with van der Waals surface area (Å²) in [5.41, 5.74) is 8.41. The molecule has 0 saturated heterocycles. The highest BCUT2D eigenvalue weighted by Crippen LogP contribution is 2.26. The zero-order valence-electron chi connectivity index (χ0n) is 8.87. The van der Waals surface area contributed by atoms with Gasteiger partial charge in [-0.3, -0.25) is 0 Å². The Hall–Kier alpha value is -1.06. The van der Waals surface area contributed by atoms with Crippen molar-refractivity contribution in [3.8, 4) is 5.75 Å². The second kappa shape index (κ2) is 4.44. The maximum atomic E-state index is 9.58. The molecule has 1 rings (SSSR count). The maximum Gasteiger partial charge on any atom is 0.122 e. The number of rotatable bonds is 3. The van der Waals surface area contributed by atoms with Gasteiger partial charge in [0.15, 0.2) is 0 Å². The van der Waals surface area contributed by atoms with Crippen LogP contribution in [0.3, 0.4) is 0 Å². The first-order valence-corrected chi connectivity index (χ1v) is 4.63. The zero-order chi connectivity index (χ0) is 10.7. The lowest BCUT2D eigenvalue weighted by atomic mass is 10.0. The number of aliphatic hydroxyl groups excluding tert-OH is 1. The van der Waals surface area contributed by atoms with Crippen molar-refractivity contribution in [2.75, 3.05) is 13.7 Å². The standard InChI is InChI=1S/C11H17NO2/c1-7-4-9(10(13)6-12)5-11(14-3)8(7)2/h4-5,10,13H,6,12H2,1-3H3. The van der Waals surface area contributed by atoms with Crippen LogP contribution >= 0.6 is 0 Å². The third kappa shape index (κ3) is 2.05. The zero-order valence-corrected chi connectivity index (χ0v) is 8.87. The summed E-state index contributed by atoms with van der Waals surface area (Å²) < 4.78 is 5.21. The number of hydrogen-bond donors (Lipinski definition) is 2. The van der Waals surface area contributed by atoms with Crippen molar-refractivity contribution in [3.05, 3.63) is 28.8 Å². The van der Waals surface area contributed by atoms with E-state index in [1.165, 1.54) is 0 Å². The number of aryl methyl sites for hydroxylation is 1. The molecular weight excluding hydrogens is 178 g/mol. The van der Waals surface area contributed by atoms with Crippen molar-refractivity contribution in [1.29, 1.82) is 0 Å². The minimum Gasteiger partial charge on any atom is -0.496 e. The Balaban J connectivity index is 3.16. The normalized spacial score (nSPS) is 12.6. The number of nitrogens with two attached hydrogens (primary N) is 1. The van der Waals surface area contributed by atoms with Crippen molar-refractivity contribution < 1.29 is 9.84 Å². The van der Waals surface area contributed by atoms with E-state index >= 15 is 0 Å². The molecule has 0 heterocycles. The first-order valence-electron chi connectivity index (χ1n) is 4.63. The molecule has 14 heavy (non-hydrogen) atoms. The Morgan fingerprint density at radius 1 is 1.43 bits per heavy atom. The van der Waals surface area contributed by atoms with Gasteiger partial charge in [0, 0.05) is 6.54 Å². The Bertz CT molecular complexity index is 323. The predicted octanol–water partition coefficient (Wildman–Crippen LogP) is 1.30. The fourth-order valence-corrected chi connectivity index (χ4v) is 1.39. The van der Waals surface area contributed by atoms with Gasteiger partial charge < -0.3 is 15.6 Å². The van der Waals surface area contributed by atoms with E-state index in [0.29, 0.717) is 0 Å². The molecule has 3 nitrogen and oxygen atoms in total. The van der Waals surface area contributed by atoms with E-state index in [9.17, 15) is 5.11 Å². The average Bonchev–Trinajstić information content (AvgIpc) is 2.20. The van der Waals surface area contributed by atoms with Gasteiger partial charge in [-0.15, -0.1) is 0 Å². The molecule has 1 atom stereocenters. The summed E-state index contributed by atoms with van der Waals surface area (Å²) in [4.78, 5) is 0. The summed E-state index contributed by atoms with van der Waals surface area (Å²) in [5.74, 6) is 0.799. The molecule has 0 saturated carbocycles. The van der Waals surface area contributed by atoms with E-state index in [1.807, 2.05) is 26.0 Å². The van der Waals surface area contributed by atoms with Crippen LogP contribution in [-0.2, 0) is 0 Å². The van der Waals surface area contributed by atoms with Crippen molar-refractivity contribution >= 4 is 0 Å². The van der Waals surface area contributed by atoms with Crippen molar-refractivity contribution in [1.82, 2.24) is 0 Å². The number of aliphatic hydroxyl groups is 1. The molecule has 0 bridgehead atoms. The van der Waals surface area contributed by atoms with Gasteiger partial charge in [0.2, 0.25) is 0 Å². The topological polar surface area (TPSA) is 55.5 Å². The highest BCUT2D eigenvalue weighted by atomic mass is 16.5. The van der Waals surface area contributed by atoms with E-state index in [2.05, 4.69) is 0 Å². The summed E-state index contributed by atoms with van der Waals surface area (Å²) in [6, 6.07) is 3.77. The predicted molar refractivity (Wildman–Crippen MR) is 56.5 cm³/mol. The highest BCUT2D eigenvalue weighted by Gasteiger charge is 2.10. The molecule has 1 aromatic rings. The van der Waals surface area contributed by atoms with Gasteiger partial charge in [0.25, 0.3) is 0 Å². The molecule has 1 unspecified atom stereocenters. The van der Waals surface area contributed by atoms with Gasteiger partial charge in [-0.2, -0.15) is 0 Å². The lowest BCUT2D eigenvalue weighted by Crippen LogP contribution is -2.12. The molecule has 3 N–H and O–H groups in total. The van der Waals surface area contributed by atoms with Crippen LogP contribution in [0.1, 0.15) is 22.8 Å². The number of hydrogen-bond acceptors (Lipinski definition) is 3. The first kappa shape index (κ1) is 11.0. The van der Waals surface area contributed by atoms with Crippen LogP contribution < -0.4 is 10.5 Å². The van der Waals surface area contributed by atoms with Crippen molar-refractivity contribution in [2.24, 2.45) is 5.73 Å². The molecule has 0 aliphatic heterocycles. The smallest absolute Gasteiger partial charge is 0.122 e. The molecule has 0 aliphatic rings. The van der Waals surface area contributed by atoms with Crippen LogP contribution in [-0.4, -0.2) is 18.8 Å². The van der Waals surface area contributed by atoms with Gasteiger partial charge >= 0.3 is 0 Å². The summed E-state index contributed by atoms with van der Waals surface area (Å²) in [6.07, 6.45) is -0.608. The van der Waals surface area contributed by atoms with E-state index < -0.39 is 6.10 Å². The van der Waals surface area contributed by atoms with Gasteiger partial charge in [0.05, 0.1) is 13.2 Å². The summed E-state index contributed by atoms with van der Waals surface area (Å²) in [5, 5.41) is 9.58. The average molecular weight is 195 g/mol. The largest absolute Gasteiger partial charge is 0.496 e. The molecule has 0 spiro atoms. The van der Waals surface area contributed by atoms with Gasteiger partial charge in [0.1, 0.15) is 5.75 Å². The second-order valence-electron chi connectivity index (χ2n) is 3.42. The van der Waals surface area contributed by atoms with Crippen LogP contribution in [0.4, 0.5) is 0 Å². The highest BCUT2D eigenvalue weighted by molar-refractivity contribution is 5.43. The van der Waals surface area contributed by atoms with Gasteiger partial charge in [-0.05, 0) is 36.6 Å². The lowest BCUT2D eigenvalue weighted by molar-refractivity contribution is 0.186. The molecule has 0 amide bonds. The fraction of sp³-hybridized carbons (Fsp3) is 0.455. The molecule has 0 aliphatic carbocycles. The van der Waals surface area contributed by atoms with Crippen molar-refractivity contribution in [2.45, 2.75) is 20.0 Å². The third-order valence-corrected chi connectivity index (χ3v) is 2.47.